The molecule has 0 bridgehead atoms. The average Bonchev–Trinajstić information content (AvgIpc) is 3.22. The molecule has 0 atom stereocenters. The van der Waals surface area contributed by atoms with E-state index in [0.29, 0.717) is 11.8 Å². The molecule has 0 aromatic carbocycles. The molecule has 2 aliphatic rings. The van der Waals surface area contributed by atoms with Gasteiger partial charge in [0.05, 0.1) is 19.0 Å². The van der Waals surface area contributed by atoms with E-state index in [4.69, 9.17) is 4.74 Å². The van der Waals surface area contributed by atoms with Crippen molar-refractivity contribution < 1.29 is 4.74 Å². The fourth-order valence-corrected chi connectivity index (χ4v) is 3.25. The first-order chi connectivity index (χ1) is 11.1. The number of hydrogen-bond donors (Lipinski definition) is 0. The molecule has 4 heterocycles. The summed E-state index contributed by atoms with van der Waals surface area (Å²) in [5.74, 6) is 2.12. The molecule has 0 N–H and O–H groups in total. The molecule has 0 saturated carbocycles. The lowest BCUT2D eigenvalue weighted by atomic mass is 10.0. The molecule has 0 fully saturated rings. The molecule has 4 rings (SSSR count). The molecule has 0 unspecified atom stereocenters. The molecule has 0 amide bonds. The van der Waals surface area contributed by atoms with Gasteiger partial charge < -0.3 is 4.74 Å². The summed E-state index contributed by atoms with van der Waals surface area (Å²) in [5, 5.41) is 8.60. The number of hydrogen-bond acceptors (Lipinski definition) is 3. The van der Waals surface area contributed by atoms with Crippen molar-refractivity contribution in [3.63, 3.8) is 0 Å². The Morgan fingerprint density at radius 2 is 1.57 bits per heavy atom. The molecule has 2 aliphatic heterocycles. The zero-order valence-electron chi connectivity index (χ0n) is 14.7. The second-order valence-corrected chi connectivity index (χ2v) is 7.01. The van der Waals surface area contributed by atoms with Gasteiger partial charge in [0.25, 0.3) is 0 Å². The fraction of sp³-hybridized carbons (Fsp3) is 0.667. The van der Waals surface area contributed by atoms with E-state index in [1.54, 1.807) is 0 Å². The summed E-state index contributed by atoms with van der Waals surface area (Å²) >= 11 is 0. The topological polar surface area (TPSA) is 44.9 Å². The lowest BCUT2D eigenvalue weighted by molar-refractivity contribution is 0.227. The summed E-state index contributed by atoms with van der Waals surface area (Å²) in [5.41, 5.74) is 4.15. The van der Waals surface area contributed by atoms with Gasteiger partial charge in [0.2, 0.25) is 5.88 Å². The van der Waals surface area contributed by atoms with Crippen LogP contribution >= 0.6 is 0 Å². The Morgan fingerprint density at radius 1 is 0.913 bits per heavy atom. The molecule has 126 valence electrons. The van der Waals surface area contributed by atoms with Crippen LogP contribution in [0, 0.1) is 0 Å². The highest BCUT2D eigenvalue weighted by Crippen LogP contribution is 2.28. The number of aromatic nitrogens is 4. The zero-order valence-corrected chi connectivity index (χ0v) is 14.7. The van der Waals surface area contributed by atoms with Crippen molar-refractivity contribution in [2.75, 3.05) is 6.61 Å². The zero-order chi connectivity index (χ0) is 16.4. The molecule has 5 heteroatoms. The van der Waals surface area contributed by atoms with E-state index in [1.165, 1.54) is 29.7 Å². The summed E-state index contributed by atoms with van der Waals surface area (Å²) in [6, 6.07) is 0. The number of fused-ring (bicyclic) bond motifs is 2. The van der Waals surface area contributed by atoms with Crippen molar-refractivity contribution in [3.05, 3.63) is 29.2 Å². The minimum Gasteiger partial charge on any atom is -0.478 e. The van der Waals surface area contributed by atoms with Crippen molar-refractivity contribution in [1.29, 1.82) is 0 Å². The fourth-order valence-electron chi connectivity index (χ4n) is 3.25. The number of aryl methyl sites for hydroxylation is 2. The maximum Gasteiger partial charge on any atom is 0.215 e. The van der Waals surface area contributed by atoms with Gasteiger partial charge in [0.15, 0.2) is 0 Å². The van der Waals surface area contributed by atoms with Gasteiger partial charge in [-0.3, -0.25) is 4.68 Å². The lowest BCUT2D eigenvalue weighted by Gasteiger charge is -2.16. The van der Waals surface area contributed by atoms with Gasteiger partial charge >= 0.3 is 0 Å². The van der Waals surface area contributed by atoms with E-state index in [9.17, 15) is 0 Å². The minimum absolute atomic E-state index is 0.506. The van der Waals surface area contributed by atoms with Gasteiger partial charge in [-0.25, -0.2) is 4.68 Å². The Balaban J connectivity index is 0.000000136. The average molecular weight is 316 g/mol. The largest absolute Gasteiger partial charge is 0.478 e. The summed E-state index contributed by atoms with van der Waals surface area (Å²) in [7, 11) is 0. The Morgan fingerprint density at radius 3 is 2.30 bits per heavy atom. The second kappa shape index (κ2) is 6.77. The summed E-state index contributed by atoms with van der Waals surface area (Å²) in [6.07, 6.45) is 7.53. The van der Waals surface area contributed by atoms with Crippen LogP contribution < -0.4 is 4.74 Å². The quantitative estimate of drug-likeness (QED) is 0.848. The van der Waals surface area contributed by atoms with Crippen LogP contribution in [-0.2, 0) is 19.5 Å². The van der Waals surface area contributed by atoms with Crippen molar-refractivity contribution >= 4 is 0 Å². The Kier molecular flexibility index (Phi) is 4.74. The maximum atomic E-state index is 5.56. The van der Waals surface area contributed by atoms with E-state index < -0.39 is 0 Å². The van der Waals surface area contributed by atoms with E-state index in [0.717, 1.165) is 32.0 Å². The molecule has 5 nitrogen and oxygen atoms in total. The predicted molar refractivity (Wildman–Crippen MR) is 91.1 cm³/mol. The van der Waals surface area contributed by atoms with Crippen LogP contribution in [0.5, 0.6) is 5.88 Å². The van der Waals surface area contributed by atoms with Crippen molar-refractivity contribution in [1.82, 2.24) is 19.6 Å². The highest BCUT2D eigenvalue weighted by atomic mass is 16.5. The minimum atomic E-state index is 0.506. The molecular weight excluding hydrogens is 288 g/mol. The Bertz CT molecular complexity index is 654. The number of nitrogens with zero attached hydrogens (tertiary/aromatic N) is 4. The normalized spacial score (nSPS) is 15.9. The smallest absolute Gasteiger partial charge is 0.215 e. The Labute approximate surface area is 138 Å². The monoisotopic (exact) mass is 316 g/mol. The van der Waals surface area contributed by atoms with E-state index in [1.807, 2.05) is 17.1 Å². The van der Waals surface area contributed by atoms with Crippen molar-refractivity contribution in [2.45, 2.75) is 71.9 Å². The van der Waals surface area contributed by atoms with Crippen LogP contribution in [0.15, 0.2) is 12.4 Å². The SMILES string of the molecule is CC(C)c1cnn2c1CCC2.CC(C)c1cnn2c1OCCC2. The van der Waals surface area contributed by atoms with Crippen molar-refractivity contribution in [3.8, 4) is 5.88 Å². The van der Waals surface area contributed by atoms with E-state index in [-0.39, 0.29) is 0 Å². The highest BCUT2D eigenvalue weighted by molar-refractivity contribution is 5.28. The predicted octanol–water partition coefficient (Wildman–Crippen LogP) is 3.74. The number of ether oxygens (including phenoxy) is 1. The standard InChI is InChI=1S/C9H14N2O.C9H14N2/c1-7(2)8-6-10-11-4-3-5-12-9(8)11;1-7(2)8-6-10-11-5-3-4-9(8)11/h6-7H,3-5H2,1-2H3;6-7H,3-5H2,1-2H3. The van der Waals surface area contributed by atoms with Crippen LogP contribution in [0.1, 0.15) is 69.2 Å². The maximum absolute atomic E-state index is 5.56. The molecule has 2 aromatic rings. The molecule has 0 aliphatic carbocycles. The van der Waals surface area contributed by atoms with Crippen LogP contribution in [0.4, 0.5) is 0 Å². The molecule has 0 spiro atoms. The lowest BCUT2D eigenvalue weighted by Crippen LogP contribution is -2.15. The third-order valence-electron chi connectivity index (χ3n) is 4.58. The summed E-state index contributed by atoms with van der Waals surface area (Å²) in [4.78, 5) is 0. The highest BCUT2D eigenvalue weighted by Gasteiger charge is 2.18. The third-order valence-corrected chi connectivity index (χ3v) is 4.58. The van der Waals surface area contributed by atoms with Gasteiger partial charge in [0, 0.05) is 30.8 Å². The first-order valence-electron chi connectivity index (χ1n) is 8.81. The number of rotatable bonds is 2. The molecule has 2 aromatic heterocycles. The first kappa shape index (κ1) is 16.1. The molecular formula is C18H28N4O. The van der Waals surface area contributed by atoms with Gasteiger partial charge in [-0.1, -0.05) is 27.7 Å². The third kappa shape index (κ3) is 3.28. The van der Waals surface area contributed by atoms with Crippen LogP contribution in [0.25, 0.3) is 0 Å². The van der Waals surface area contributed by atoms with E-state index in [2.05, 4.69) is 42.6 Å². The molecule has 0 radical (unpaired) electrons. The van der Waals surface area contributed by atoms with Crippen LogP contribution in [0.3, 0.4) is 0 Å². The van der Waals surface area contributed by atoms with E-state index >= 15 is 0 Å². The molecule has 0 saturated heterocycles. The second-order valence-electron chi connectivity index (χ2n) is 7.01. The van der Waals surface area contributed by atoms with Gasteiger partial charge in [-0.15, -0.1) is 0 Å². The van der Waals surface area contributed by atoms with Gasteiger partial charge in [-0.05, 0) is 30.2 Å². The Hall–Kier alpha value is -1.78. The van der Waals surface area contributed by atoms with Crippen molar-refractivity contribution in [2.24, 2.45) is 0 Å². The first-order valence-corrected chi connectivity index (χ1v) is 8.81. The van der Waals surface area contributed by atoms with Crippen LogP contribution in [0.2, 0.25) is 0 Å². The van der Waals surface area contributed by atoms with Gasteiger partial charge in [-0.2, -0.15) is 10.2 Å². The summed E-state index contributed by atoms with van der Waals surface area (Å²) < 4.78 is 9.66. The van der Waals surface area contributed by atoms with Gasteiger partial charge in [0.1, 0.15) is 0 Å². The van der Waals surface area contributed by atoms with Crippen LogP contribution in [-0.4, -0.2) is 26.2 Å². The summed E-state index contributed by atoms with van der Waals surface area (Å²) in [6.45, 7) is 11.8. The molecule has 23 heavy (non-hydrogen) atoms.